The molecule has 0 radical (unpaired) electrons. The van der Waals surface area contributed by atoms with Crippen LogP contribution in [0.3, 0.4) is 0 Å². The van der Waals surface area contributed by atoms with E-state index in [0.29, 0.717) is 6.04 Å². The van der Waals surface area contributed by atoms with Crippen LogP contribution >= 0.6 is 0 Å². The van der Waals surface area contributed by atoms with Gasteiger partial charge < -0.3 is 10.0 Å². The van der Waals surface area contributed by atoms with Crippen LogP contribution in [0.15, 0.2) is 24.3 Å². The van der Waals surface area contributed by atoms with Crippen LogP contribution in [0.2, 0.25) is 0 Å². The Balaban J connectivity index is 2.16. The van der Waals surface area contributed by atoms with Crippen LogP contribution in [-0.4, -0.2) is 17.7 Å². The Morgan fingerprint density at radius 3 is 2.57 bits per heavy atom. The number of aliphatic hydroxyl groups excluding tert-OH is 1. The molecule has 0 aliphatic carbocycles. The first kappa shape index (κ1) is 9.53. The number of hydrogen-bond donors (Lipinski definition) is 1. The van der Waals surface area contributed by atoms with Gasteiger partial charge in [-0.3, -0.25) is 0 Å². The highest BCUT2D eigenvalue weighted by Gasteiger charge is 2.19. The lowest BCUT2D eigenvalue weighted by atomic mass is 10.2. The molecular weight excluding hydrogens is 174 g/mol. The van der Waals surface area contributed by atoms with E-state index in [1.54, 1.807) is 0 Å². The van der Waals surface area contributed by atoms with E-state index in [1.165, 1.54) is 25.1 Å². The van der Waals surface area contributed by atoms with Crippen LogP contribution < -0.4 is 4.90 Å². The Hall–Kier alpha value is -1.02. The summed E-state index contributed by atoms with van der Waals surface area (Å²) >= 11 is 0. The highest BCUT2D eigenvalue weighted by molar-refractivity contribution is 5.49. The summed E-state index contributed by atoms with van der Waals surface area (Å²) in [5.74, 6) is 0. The summed E-state index contributed by atoms with van der Waals surface area (Å²) in [5, 5.41) is 8.93. The summed E-state index contributed by atoms with van der Waals surface area (Å²) < 4.78 is 0. The van der Waals surface area contributed by atoms with E-state index in [2.05, 4.69) is 24.0 Å². The number of nitrogens with zero attached hydrogens (tertiary/aromatic N) is 1. The van der Waals surface area contributed by atoms with Gasteiger partial charge in [0.1, 0.15) is 0 Å². The maximum absolute atomic E-state index is 8.93. The van der Waals surface area contributed by atoms with Gasteiger partial charge in [-0.1, -0.05) is 12.1 Å². The van der Waals surface area contributed by atoms with Gasteiger partial charge in [0.15, 0.2) is 0 Å². The molecule has 0 amide bonds. The smallest absolute Gasteiger partial charge is 0.0681 e. The van der Waals surface area contributed by atoms with E-state index in [9.17, 15) is 0 Å². The Bertz CT molecular complexity index is 294. The van der Waals surface area contributed by atoms with Crippen LogP contribution in [0, 0.1) is 0 Å². The second-order valence-electron chi connectivity index (χ2n) is 4.01. The van der Waals surface area contributed by atoms with E-state index in [0.717, 1.165) is 5.56 Å². The molecule has 14 heavy (non-hydrogen) atoms. The molecule has 2 rings (SSSR count). The number of benzene rings is 1. The van der Waals surface area contributed by atoms with Crippen LogP contribution in [0.4, 0.5) is 5.69 Å². The lowest BCUT2D eigenvalue weighted by Crippen LogP contribution is -2.25. The normalized spacial score (nSPS) is 21.6. The average Bonchev–Trinajstić information content (AvgIpc) is 2.65. The van der Waals surface area contributed by atoms with E-state index in [4.69, 9.17) is 5.11 Å². The zero-order chi connectivity index (χ0) is 9.97. The zero-order valence-electron chi connectivity index (χ0n) is 8.61. The predicted octanol–water partition coefficient (Wildman–Crippen LogP) is 2.17. The molecule has 1 saturated heterocycles. The van der Waals surface area contributed by atoms with Crippen LogP contribution in [0.5, 0.6) is 0 Å². The third-order valence-electron chi connectivity index (χ3n) is 3.00. The molecule has 0 spiro atoms. The van der Waals surface area contributed by atoms with Crippen molar-refractivity contribution in [2.24, 2.45) is 0 Å². The van der Waals surface area contributed by atoms with Gasteiger partial charge in [0.2, 0.25) is 0 Å². The fourth-order valence-electron chi connectivity index (χ4n) is 2.11. The Labute approximate surface area is 85.2 Å². The molecular formula is C12H17NO. The summed E-state index contributed by atoms with van der Waals surface area (Å²) in [6, 6.07) is 8.87. The maximum Gasteiger partial charge on any atom is 0.0681 e. The monoisotopic (exact) mass is 191 g/mol. The summed E-state index contributed by atoms with van der Waals surface area (Å²) in [4.78, 5) is 2.43. The minimum atomic E-state index is 0.135. The number of aliphatic hydroxyl groups is 1. The van der Waals surface area contributed by atoms with Crippen molar-refractivity contribution in [3.63, 3.8) is 0 Å². The summed E-state index contributed by atoms with van der Waals surface area (Å²) in [6.07, 6.45) is 2.59. The highest BCUT2D eigenvalue weighted by Crippen LogP contribution is 2.25. The first-order valence-corrected chi connectivity index (χ1v) is 5.27. The van der Waals surface area contributed by atoms with E-state index < -0.39 is 0 Å². The lowest BCUT2D eigenvalue weighted by Gasteiger charge is -2.23. The topological polar surface area (TPSA) is 23.5 Å². The standard InChI is InChI=1S/C12H17NO/c1-10-3-2-8-13(10)12-6-4-11(9-14)5-7-12/h4-7,10,14H,2-3,8-9H2,1H3. The van der Waals surface area contributed by atoms with Gasteiger partial charge in [-0.05, 0) is 37.5 Å². The molecule has 76 valence electrons. The van der Waals surface area contributed by atoms with E-state index in [-0.39, 0.29) is 6.61 Å². The second kappa shape index (κ2) is 4.01. The average molecular weight is 191 g/mol. The Kier molecular flexibility index (Phi) is 2.73. The summed E-state index contributed by atoms with van der Waals surface area (Å²) in [7, 11) is 0. The molecule has 0 saturated carbocycles. The fraction of sp³-hybridized carbons (Fsp3) is 0.500. The van der Waals surface area contributed by atoms with Crippen molar-refractivity contribution in [1.82, 2.24) is 0 Å². The summed E-state index contributed by atoms with van der Waals surface area (Å²) in [5.41, 5.74) is 2.27. The molecule has 1 fully saturated rings. The first-order valence-electron chi connectivity index (χ1n) is 5.27. The lowest BCUT2D eigenvalue weighted by molar-refractivity contribution is 0.282. The van der Waals surface area contributed by atoms with Gasteiger partial charge in [-0.25, -0.2) is 0 Å². The molecule has 2 nitrogen and oxygen atoms in total. The highest BCUT2D eigenvalue weighted by atomic mass is 16.3. The van der Waals surface area contributed by atoms with Crippen LogP contribution in [-0.2, 0) is 6.61 Å². The quantitative estimate of drug-likeness (QED) is 0.774. The molecule has 1 aliphatic heterocycles. The zero-order valence-corrected chi connectivity index (χ0v) is 8.61. The number of anilines is 1. The molecule has 1 aliphatic rings. The fourth-order valence-corrected chi connectivity index (χ4v) is 2.11. The Morgan fingerprint density at radius 1 is 1.36 bits per heavy atom. The maximum atomic E-state index is 8.93. The Morgan fingerprint density at radius 2 is 2.07 bits per heavy atom. The molecule has 1 unspecified atom stereocenters. The van der Waals surface area contributed by atoms with Crippen molar-refractivity contribution in [2.75, 3.05) is 11.4 Å². The molecule has 0 bridgehead atoms. The molecule has 1 aromatic carbocycles. The van der Waals surface area contributed by atoms with Crippen molar-refractivity contribution < 1.29 is 5.11 Å². The minimum absolute atomic E-state index is 0.135. The molecule has 1 aromatic rings. The van der Waals surface area contributed by atoms with Gasteiger partial charge in [-0.15, -0.1) is 0 Å². The second-order valence-corrected chi connectivity index (χ2v) is 4.01. The summed E-state index contributed by atoms with van der Waals surface area (Å²) in [6.45, 7) is 3.57. The first-order chi connectivity index (χ1) is 6.81. The third kappa shape index (κ3) is 1.75. The minimum Gasteiger partial charge on any atom is -0.392 e. The van der Waals surface area contributed by atoms with E-state index in [1.807, 2.05) is 12.1 Å². The van der Waals surface area contributed by atoms with Gasteiger partial charge >= 0.3 is 0 Å². The van der Waals surface area contributed by atoms with Crippen LogP contribution in [0.1, 0.15) is 25.3 Å². The van der Waals surface area contributed by atoms with Crippen molar-refractivity contribution in [1.29, 1.82) is 0 Å². The number of hydrogen-bond acceptors (Lipinski definition) is 2. The predicted molar refractivity (Wildman–Crippen MR) is 58.4 cm³/mol. The van der Waals surface area contributed by atoms with Gasteiger partial charge in [0, 0.05) is 18.3 Å². The molecule has 1 N–H and O–H groups in total. The van der Waals surface area contributed by atoms with Crippen molar-refractivity contribution >= 4 is 5.69 Å². The van der Waals surface area contributed by atoms with Crippen molar-refractivity contribution in [2.45, 2.75) is 32.4 Å². The van der Waals surface area contributed by atoms with E-state index >= 15 is 0 Å². The van der Waals surface area contributed by atoms with Crippen molar-refractivity contribution in [3.8, 4) is 0 Å². The van der Waals surface area contributed by atoms with Crippen molar-refractivity contribution in [3.05, 3.63) is 29.8 Å². The van der Waals surface area contributed by atoms with Gasteiger partial charge in [0.05, 0.1) is 6.61 Å². The largest absolute Gasteiger partial charge is 0.392 e. The molecule has 0 aromatic heterocycles. The molecule has 1 atom stereocenters. The SMILES string of the molecule is CC1CCCN1c1ccc(CO)cc1. The van der Waals surface area contributed by atoms with Gasteiger partial charge in [0.25, 0.3) is 0 Å². The molecule has 1 heterocycles. The van der Waals surface area contributed by atoms with Gasteiger partial charge in [-0.2, -0.15) is 0 Å². The third-order valence-corrected chi connectivity index (χ3v) is 3.00. The van der Waals surface area contributed by atoms with Crippen LogP contribution in [0.25, 0.3) is 0 Å². The molecule has 2 heteroatoms. The number of rotatable bonds is 2.